The number of nitrogens with one attached hydrogen (secondary N) is 3. The summed E-state index contributed by atoms with van der Waals surface area (Å²) in [5, 5.41) is 3.13. The van der Waals surface area contributed by atoms with Gasteiger partial charge in [0.05, 0.1) is 56.8 Å². The Hall–Kier alpha value is -6.23. The molecule has 2 aliphatic rings. The number of benzene rings is 2. The second kappa shape index (κ2) is 19.9. The van der Waals surface area contributed by atoms with Crippen LogP contribution in [0.5, 0.6) is 0 Å². The van der Waals surface area contributed by atoms with Crippen LogP contribution in [-0.4, -0.2) is 73.2 Å². The maximum Gasteiger partial charge on any atom is 0.342 e. The molecule has 1 amide bonds. The van der Waals surface area contributed by atoms with E-state index in [2.05, 4.69) is 39.1 Å². The highest BCUT2D eigenvalue weighted by Gasteiger charge is 2.39. The number of halogens is 7. The zero-order valence-electron chi connectivity index (χ0n) is 37.4. The van der Waals surface area contributed by atoms with Gasteiger partial charge in [-0.25, -0.2) is 37.1 Å². The number of amides is 1. The summed E-state index contributed by atoms with van der Waals surface area (Å²) in [6.07, 6.45) is 2.53. The maximum absolute atomic E-state index is 13.8. The van der Waals surface area contributed by atoms with Crippen molar-refractivity contribution in [2.45, 2.75) is 78.4 Å². The minimum Gasteiger partial charge on any atom is -0.459 e. The molecule has 6 aromatic rings. The molecule has 19 heteroatoms. The van der Waals surface area contributed by atoms with Gasteiger partial charge in [0.1, 0.15) is 10.3 Å². The highest BCUT2D eigenvalue weighted by atomic mass is 35.5. The number of H-pyrrole nitrogens is 2. The van der Waals surface area contributed by atoms with Crippen LogP contribution in [0.1, 0.15) is 98.6 Å². The van der Waals surface area contributed by atoms with Gasteiger partial charge in [0.25, 0.3) is 11.1 Å². The Kier molecular flexibility index (Phi) is 14.9. The molecule has 2 aromatic carbocycles. The molecule has 0 bridgehead atoms. The number of pyridine rings is 2. The number of aromatic nitrogens is 4. The van der Waals surface area contributed by atoms with E-state index < -0.39 is 51.9 Å². The molecule has 3 N–H and O–H groups in total. The number of nitrogens with zero attached hydrogens (tertiary/aromatic N) is 3. The number of hydrogen-bond acceptors (Lipinski definition) is 9. The predicted octanol–water partition coefficient (Wildman–Crippen LogP) is 11.0. The lowest BCUT2D eigenvalue weighted by atomic mass is 9.83. The topological polar surface area (TPSA) is 159 Å². The van der Waals surface area contributed by atoms with Crippen molar-refractivity contribution in [1.29, 1.82) is 0 Å². The van der Waals surface area contributed by atoms with Crippen LogP contribution in [0.15, 0.2) is 73.1 Å². The summed E-state index contributed by atoms with van der Waals surface area (Å²) < 4.78 is 62.6. The van der Waals surface area contributed by atoms with Crippen molar-refractivity contribution in [2.75, 3.05) is 13.1 Å². The first-order chi connectivity index (χ1) is 31.4. The summed E-state index contributed by atoms with van der Waals surface area (Å²) in [5.41, 5.74) is 5.39. The Bertz CT molecular complexity index is 3000. The van der Waals surface area contributed by atoms with Gasteiger partial charge in [-0.05, 0) is 100.0 Å². The summed E-state index contributed by atoms with van der Waals surface area (Å²) in [6, 6.07) is 12.7. The lowest BCUT2D eigenvalue weighted by Gasteiger charge is -2.29. The van der Waals surface area contributed by atoms with E-state index in [0.717, 1.165) is 52.6 Å². The minimum absolute atomic E-state index is 0.0471. The van der Waals surface area contributed by atoms with Gasteiger partial charge in [0, 0.05) is 58.6 Å². The van der Waals surface area contributed by atoms with Crippen LogP contribution >= 0.6 is 34.8 Å². The van der Waals surface area contributed by atoms with Crippen LogP contribution < -0.4 is 5.32 Å². The third kappa shape index (κ3) is 11.1. The fraction of sp³-hybridized carbons (Fsp3) is 0.292. The van der Waals surface area contributed by atoms with Crippen LogP contribution in [0, 0.1) is 23.3 Å². The average molecular weight is 984 g/mol. The molecule has 0 fully saturated rings. The van der Waals surface area contributed by atoms with Crippen molar-refractivity contribution in [3.8, 4) is 0 Å². The van der Waals surface area contributed by atoms with Crippen molar-refractivity contribution < 1.29 is 46.2 Å². The van der Waals surface area contributed by atoms with E-state index in [4.69, 9.17) is 44.3 Å². The SMILES string of the molecule is CC(C)OC(=O)C1=CN(C(=O)c2ccc(F)c(F)c2)CC(C)(C)c2c1[nH]c1ccc(Cl)nc21.CC(C)OC(=O)C1=CNCC(C)(C)c2c1[nH]c1ccc(Cl)nc21.O=C(Cl)c1ccc(F)c(F)c1. The first kappa shape index (κ1) is 50.2. The molecule has 12 nitrogen and oxygen atoms in total. The Morgan fingerprint density at radius 1 is 0.657 bits per heavy atom. The molecule has 8 rings (SSSR count). The number of carbonyl (C=O) groups excluding carboxylic acids is 4. The van der Waals surface area contributed by atoms with E-state index >= 15 is 0 Å². The number of ether oxygens (including phenoxy) is 2. The van der Waals surface area contributed by atoms with Crippen molar-refractivity contribution in [3.05, 3.63) is 140 Å². The quantitative estimate of drug-likeness (QED) is 0.0639. The Morgan fingerprint density at radius 3 is 1.61 bits per heavy atom. The highest BCUT2D eigenvalue weighted by molar-refractivity contribution is 6.67. The summed E-state index contributed by atoms with van der Waals surface area (Å²) in [7, 11) is 0. The molecular weight excluding hydrogens is 939 g/mol. The summed E-state index contributed by atoms with van der Waals surface area (Å²) in [5.74, 6) is -5.83. The average Bonchev–Trinajstić information content (AvgIpc) is 3.74. The molecule has 6 heterocycles. The van der Waals surface area contributed by atoms with Gasteiger partial charge in [-0.2, -0.15) is 0 Å². The van der Waals surface area contributed by atoms with Gasteiger partial charge < -0.3 is 29.7 Å². The molecule has 0 unspecified atom stereocenters. The molecular formula is C48H45Cl3F4N6O6. The number of rotatable bonds is 6. The predicted molar refractivity (Wildman–Crippen MR) is 249 cm³/mol. The Balaban J connectivity index is 0.000000188. The zero-order valence-corrected chi connectivity index (χ0v) is 39.7. The molecule has 2 aliphatic heterocycles. The van der Waals surface area contributed by atoms with Gasteiger partial charge in [-0.1, -0.05) is 50.9 Å². The van der Waals surface area contributed by atoms with Gasteiger partial charge >= 0.3 is 11.9 Å². The standard InChI is InChI=1S/C24H22ClF2N3O3.C17H20ClN3O2.C7H3ClF2O/c1-12(2)33-23(32)14-10-30(22(31)13-5-6-15(26)16(27)9-13)11-24(3,4)19-20(14)28-17-7-8-18(25)29-21(17)19;1-9(2)23-16(22)10-7-19-8-17(3,4)13-14(10)20-11-5-6-12(18)21-15(11)13;8-7(11)4-1-2-5(9)6(10)3-4/h5-10,12,28H,11H2,1-4H3;5-7,9,19-20H,8H2,1-4H3;1-3H. The molecule has 352 valence electrons. The number of aromatic amines is 2. The van der Waals surface area contributed by atoms with Crippen molar-refractivity contribution in [1.82, 2.24) is 30.2 Å². The van der Waals surface area contributed by atoms with E-state index in [-0.39, 0.29) is 45.9 Å². The molecule has 67 heavy (non-hydrogen) atoms. The second-order valence-electron chi connectivity index (χ2n) is 17.4. The van der Waals surface area contributed by atoms with Crippen molar-refractivity contribution in [2.24, 2.45) is 0 Å². The van der Waals surface area contributed by atoms with Gasteiger partial charge in [0.2, 0.25) is 0 Å². The highest BCUT2D eigenvalue weighted by Crippen LogP contribution is 2.41. The smallest absolute Gasteiger partial charge is 0.342 e. The molecule has 0 spiro atoms. The van der Waals surface area contributed by atoms with Gasteiger partial charge in [-0.15, -0.1) is 0 Å². The van der Waals surface area contributed by atoms with Crippen LogP contribution in [0.2, 0.25) is 10.3 Å². The fourth-order valence-electron chi connectivity index (χ4n) is 7.56. The lowest BCUT2D eigenvalue weighted by molar-refractivity contribution is -0.141. The number of fused-ring (bicyclic) bond motifs is 6. The Labute approximate surface area is 397 Å². The van der Waals surface area contributed by atoms with Gasteiger partial charge in [-0.3, -0.25) is 9.59 Å². The maximum atomic E-state index is 13.8. The lowest BCUT2D eigenvalue weighted by Crippen LogP contribution is -2.37. The van der Waals surface area contributed by atoms with Crippen molar-refractivity contribution >= 4 is 91.1 Å². The van der Waals surface area contributed by atoms with E-state index in [1.54, 1.807) is 38.2 Å². The zero-order chi connectivity index (χ0) is 49.3. The number of esters is 2. The first-order valence-corrected chi connectivity index (χ1v) is 21.9. The molecule has 0 atom stereocenters. The second-order valence-corrected chi connectivity index (χ2v) is 18.6. The Morgan fingerprint density at radius 2 is 1.12 bits per heavy atom. The molecule has 0 radical (unpaired) electrons. The van der Waals surface area contributed by atoms with E-state index in [1.807, 2.05) is 33.8 Å². The minimum atomic E-state index is -1.13. The van der Waals surface area contributed by atoms with E-state index in [0.29, 0.717) is 39.6 Å². The fourth-order valence-corrected chi connectivity index (χ4v) is 7.97. The third-order valence-corrected chi connectivity index (χ3v) is 11.1. The number of carbonyl (C=O) groups is 4. The molecule has 4 aromatic heterocycles. The van der Waals surface area contributed by atoms with Gasteiger partial charge in [0.15, 0.2) is 23.3 Å². The number of hydrogen-bond donors (Lipinski definition) is 3. The van der Waals surface area contributed by atoms with Crippen LogP contribution in [0.4, 0.5) is 17.6 Å². The van der Waals surface area contributed by atoms with E-state index in [1.165, 1.54) is 17.2 Å². The first-order valence-electron chi connectivity index (χ1n) is 20.7. The molecule has 0 aliphatic carbocycles. The third-order valence-electron chi connectivity index (χ3n) is 10.4. The van der Waals surface area contributed by atoms with Crippen LogP contribution in [-0.2, 0) is 29.9 Å². The van der Waals surface area contributed by atoms with E-state index in [9.17, 15) is 36.7 Å². The molecule has 0 saturated heterocycles. The normalized spacial score (nSPS) is 14.8. The monoisotopic (exact) mass is 982 g/mol. The largest absolute Gasteiger partial charge is 0.459 e. The van der Waals surface area contributed by atoms with Crippen LogP contribution in [0.3, 0.4) is 0 Å². The molecule has 0 saturated carbocycles. The van der Waals surface area contributed by atoms with Crippen molar-refractivity contribution in [3.63, 3.8) is 0 Å². The summed E-state index contributed by atoms with van der Waals surface area (Å²) >= 11 is 17.2. The van der Waals surface area contributed by atoms with Crippen LogP contribution in [0.25, 0.3) is 33.2 Å². The summed E-state index contributed by atoms with van der Waals surface area (Å²) in [4.78, 5) is 66.0. The summed E-state index contributed by atoms with van der Waals surface area (Å²) in [6.45, 7) is 15.9.